The lowest BCUT2D eigenvalue weighted by atomic mass is 9.80. The average molecular weight is 534 g/mol. The van der Waals surface area contributed by atoms with E-state index in [1.807, 2.05) is 24.0 Å². The first kappa shape index (κ1) is 26.8. The van der Waals surface area contributed by atoms with E-state index < -0.39 is 11.3 Å². The van der Waals surface area contributed by atoms with Gasteiger partial charge in [0.15, 0.2) is 5.82 Å². The molecule has 3 N–H and O–H groups in total. The Balaban J connectivity index is 1.55. The zero-order chi connectivity index (χ0) is 25.9. The van der Waals surface area contributed by atoms with Gasteiger partial charge in [-0.3, -0.25) is 9.00 Å². The monoisotopic (exact) mass is 533 g/mol. The molecule has 0 radical (unpaired) electrons. The minimum atomic E-state index is -2.28. The van der Waals surface area contributed by atoms with E-state index in [1.165, 1.54) is 0 Å². The van der Waals surface area contributed by atoms with Gasteiger partial charge in [0.2, 0.25) is 11.9 Å². The number of nitrogens with one attached hydrogen (secondary N) is 3. The number of rotatable bonds is 8. The van der Waals surface area contributed by atoms with Crippen molar-refractivity contribution in [1.82, 2.24) is 14.7 Å². The number of hydrogen-bond acceptors (Lipinski definition) is 7. The van der Waals surface area contributed by atoms with Crippen LogP contribution < -0.4 is 20.3 Å². The van der Waals surface area contributed by atoms with Crippen LogP contribution >= 0.6 is 11.6 Å². The van der Waals surface area contributed by atoms with Crippen LogP contribution in [0, 0.1) is 5.92 Å². The predicted molar refractivity (Wildman–Crippen MR) is 143 cm³/mol. The molecule has 196 valence electrons. The molecular weight excluding hydrogens is 500 g/mol. The van der Waals surface area contributed by atoms with Crippen LogP contribution in [0.25, 0.3) is 0 Å². The molecule has 1 fully saturated rings. The van der Waals surface area contributed by atoms with Gasteiger partial charge in [0.05, 0.1) is 6.20 Å². The van der Waals surface area contributed by atoms with Crippen molar-refractivity contribution in [3.05, 3.63) is 35.0 Å². The van der Waals surface area contributed by atoms with Crippen LogP contribution in [-0.4, -0.2) is 43.8 Å². The van der Waals surface area contributed by atoms with Crippen molar-refractivity contribution in [2.75, 3.05) is 28.6 Å². The van der Waals surface area contributed by atoms with Crippen LogP contribution in [0.1, 0.15) is 64.9 Å². The lowest BCUT2D eigenvalue weighted by Gasteiger charge is -2.33. The Labute approximate surface area is 220 Å². The van der Waals surface area contributed by atoms with Gasteiger partial charge < -0.3 is 20.1 Å². The maximum atomic E-state index is 12.6. The van der Waals surface area contributed by atoms with E-state index in [0.29, 0.717) is 36.3 Å². The number of fused-ring (bicyclic) bond motifs is 1. The van der Waals surface area contributed by atoms with Crippen LogP contribution in [0.2, 0.25) is 5.02 Å². The number of carbonyl (C=O) groups excluding carboxylic acids is 1. The fraction of sp³-hybridized carbons (Fsp3) is 0.560. The molecule has 2 aromatic rings. The summed E-state index contributed by atoms with van der Waals surface area (Å²) in [4.78, 5) is 23.5. The Morgan fingerprint density at radius 2 is 2.06 bits per heavy atom. The zero-order valence-corrected chi connectivity index (χ0v) is 22.5. The molecule has 1 aliphatic heterocycles. The number of hydrogen-bond donors (Lipinski definition) is 3. The number of benzene rings is 1. The molecule has 36 heavy (non-hydrogen) atoms. The van der Waals surface area contributed by atoms with E-state index in [1.54, 1.807) is 6.20 Å². The van der Waals surface area contributed by atoms with Crippen LogP contribution in [0.5, 0.6) is 0 Å². The van der Waals surface area contributed by atoms with E-state index in [9.17, 15) is 13.6 Å². The molecule has 1 aromatic heterocycles. The Bertz CT molecular complexity index is 1130. The summed E-state index contributed by atoms with van der Waals surface area (Å²) in [5.41, 5.74) is 2.74. The van der Waals surface area contributed by atoms with Crippen molar-refractivity contribution in [2.24, 2.45) is 5.92 Å². The molecule has 1 aliphatic carbocycles. The summed E-state index contributed by atoms with van der Waals surface area (Å²) in [7, 11) is 0. The van der Waals surface area contributed by atoms with Crippen molar-refractivity contribution in [3.8, 4) is 0 Å². The highest BCUT2D eigenvalue weighted by atomic mass is 35.5. The predicted octanol–water partition coefficient (Wildman–Crippen LogP) is 4.65. The number of amides is 1. The summed E-state index contributed by atoms with van der Waals surface area (Å²) in [6.45, 7) is 7.34. The molecular formula is C25H34ClN6O3S-. The van der Waals surface area contributed by atoms with Gasteiger partial charge in [0.1, 0.15) is 5.02 Å². The molecule has 0 saturated heterocycles. The number of carbonyl (C=O) groups is 1. The van der Waals surface area contributed by atoms with Gasteiger partial charge >= 0.3 is 0 Å². The van der Waals surface area contributed by atoms with Crippen molar-refractivity contribution in [2.45, 2.75) is 70.8 Å². The third-order valence-electron chi connectivity index (χ3n) is 7.29. The molecule has 0 spiro atoms. The first-order chi connectivity index (χ1) is 17.2. The molecule has 1 saturated carbocycles. The van der Waals surface area contributed by atoms with Gasteiger partial charge in [-0.1, -0.05) is 38.3 Å². The first-order valence-electron chi connectivity index (χ1n) is 12.5. The highest BCUT2D eigenvalue weighted by Gasteiger charge is 2.32. The summed E-state index contributed by atoms with van der Waals surface area (Å²) >= 11 is 4.14. The van der Waals surface area contributed by atoms with Crippen LogP contribution in [0.15, 0.2) is 24.4 Å². The Hall–Kier alpha value is -2.27. The summed E-state index contributed by atoms with van der Waals surface area (Å²) in [5, 5.41) is 7.13. The average Bonchev–Trinajstić information content (AvgIpc) is 2.94. The highest BCUT2D eigenvalue weighted by molar-refractivity contribution is 7.77. The molecule has 2 aliphatic rings. The standard InChI is InChI=1S/C25H35ClN6O3S/c1-4-32-21-10-9-17(13-18(21)25(2,3)12-11-22(32)33)29-24-27-15-19(26)23(31-24)30-20-8-6-5-7-16(20)14-28-36(34)35/h9-10,13,15-16,20,28H,4-8,11-12,14H2,1-3H3,(H,34,35)(H2,27,29,30,31)/p-1/t16-,20-/m1/s1. The van der Waals surface area contributed by atoms with E-state index in [4.69, 9.17) is 11.6 Å². The second-order valence-corrected chi connectivity index (χ2v) is 11.3. The minimum absolute atomic E-state index is 0.0564. The Kier molecular flexibility index (Phi) is 8.49. The maximum Gasteiger partial charge on any atom is 0.229 e. The number of halogens is 1. The van der Waals surface area contributed by atoms with Crippen molar-refractivity contribution >= 4 is 51.9 Å². The van der Waals surface area contributed by atoms with Gasteiger partial charge in [-0.15, -0.1) is 0 Å². The second kappa shape index (κ2) is 11.4. The Morgan fingerprint density at radius 1 is 1.28 bits per heavy atom. The molecule has 1 amide bonds. The van der Waals surface area contributed by atoms with E-state index >= 15 is 0 Å². The summed E-state index contributed by atoms with van der Waals surface area (Å²) in [6, 6.07) is 6.06. The summed E-state index contributed by atoms with van der Waals surface area (Å²) in [5.74, 6) is 1.23. The first-order valence-corrected chi connectivity index (χ1v) is 14.0. The lowest BCUT2D eigenvalue weighted by Crippen LogP contribution is -2.39. The Morgan fingerprint density at radius 3 is 2.81 bits per heavy atom. The maximum absolute atomic E-state index is 12.6. The number of nitrogens with zero attached hydrogens (tertiary/aromatic N) is 3. The quantitative estimate of drug-likeness (QED) is 0.422. The second-order valence-electron chi connectivity index (χ2n) is 10.1. The van der Waals surface area contributed by atoms with Crippen molar-refractivity contribution in [1.29, 1.82) is 0 Å². The molecule has 1 aromatic carbocycles. The van der Waals surface area contributed by atoms with E-state index in [0.717, 1.165) is 49.0 Å². The third-order valence-corrected chi connectivity index (χ3v) is 7.97. The van der Waals surface area contributed by atoms with Crippen LogP contribution in [0.3, 0.4) is 0 Å². The van der Waals surface area contributed by atoms with Crippen molar-refractivity contribution < 1.29 is 13.6 Å². The van der Waals surface area contributed by atoms with Gasteiger partial charge in [-0.05, 0) is 61.3 Å². The van der Waals surface area contributed by atoms with Gasteiger partial charge in [0, 0.05) is 48.2 Å². The van der Waals surface area contributed by atoms with Crippen LogP contribution in [0.4, 0.5) is 23.1 Å². The van der Waals surface area contributed by atoms with Crippen molar-refractivity contribution in [3.63, 3.8) is 0 Å². The normalized spacial score (nSPS) is 22.5. The van der Waals surface area contributed by atoms with Gasteiger partial charge in [0.25, 0.3) is 0 Å². The van der Waals surface area contributed by atoms with Gasteiger partial charge in [-0.2, -0.15) is 4.98 Å². The fourth-order valence-corrected chi connectivity index (χ4v) is 5.71. The SMILES string of the molecule is CCN1C(=O)CCC(C)(C)c2cc(Nc3ncc(Cl)c(N[C@@H]4CCCC[C@@H]4CNS(=O)[O-])n3)ccc21. The highest BCUT2D eigenvalue weighted by Crippen LogP contribution is 2.41. The largest absolute Gasteiger partial charge is 0.760 e. The zero-order valence-electron chi connectivity index (χ0n) is 21.0. The third kappa shape index (κ3) is 6.16. The van der Waals surface area contributed by atoms with Gasteiger partial charge in [-0.25, -0.2) is 9.71 Å². The summed E-state index contributed by atoms with van der Waals surface area (Å²) < 4.78 is 24.5. The molecule has 1 unspecified atom stereocenters. The van der Waals surface area contributed by atoms with E-state index in [-0.39, 0.29) is 23.3 Å². The minimum Gasteiger partial charge on any atom is -0.760 e. The summed E-state index contributed by atoms with van der Waals surface area (Å²) in [6.07, 6.45) is 6.83. The molecule has 0 bridgehead atoms. The molecule has 11 heteroatoms. The molecule has 3 atom stereocenters. The number of anilines is 4. The smallest absolute Gasteiger partial charge is 0.229 e. The fourth-order valence-electron chi connectivity index (χ4n) is 5.21. The molecule has 4 rings (SSSR count). The molecule has 2 heterocycles. The number of aromatic nitrogens is 2. The van der Waals surface area contributed by atoms with Crippen LogP contribution in [-0.2, 0) is 21.5 Å². The lowest BCUT2D eigenvalue weighted by molar-refractivity contribution is -0.118. The molecule has 9 nitrogen and oxygen atoms in total. The topological polar surface area (TPSA) is 122 Å². The van der Waals surface area contributed by atoms with E-state index in [2.05, 4.69) is 45.2 Å².